The SMILES string of the molecule is C/C(=C\c1ccc2c(c1)N(S(=O)(=O)c1cccc(C(F)(F)F)c1)C[C@H](CCC(=O)O)O2)c1c(Cl)cccc1Cl. The molecule has 1 atom stereocenters. The number of carboxylic acids is 1. The molecular formula is C27H22Cl2F3NO5S. The highest BCUT2D eigenvalue weighted by Gasteiger charge is 2.37. The van der Waals surface area contributed by atoms with Crippen LogP contribution in [-0.2, 0) is 21.0 Å². The van der Waals surface area contributed by atoms with Crippen molar-refractivity contribution >= 4 is 56.5 Å². The molecule has 0 unspecified atom stereocenters. The average molecular weight is 600 g/mol. The van der Waals surface area contributed by atoms with Crippen LogP contribution in [0.5, 0.6) is 5.75 Å². The molecule has 0 spiro atoms. The quantitative estimate of drug-likeness (QED) is 0.286. The van der Waals surface area contributed by atoms with Gasteiger partial charge in [0.15, 0.2) is 0 Å². The molecule has 0 aliphatic carbocycles. The number of anilines is 1. The number of aliphatic carboxylic acids is 1. The maximum absolute atomic E-state index is 13.7. The topological polar surface area (TPSA) is 83.9 Å². The summed E-state index contributed by atoms with van der Waals surface area (Å²) in [5.41, 5.74) is 0.833. The lowest BCUT2D eigenvalue weighted by molar-refractivity contribution is -0.138. The van der Waals surface area contributed by atoms with E-state index in [1.54, 1.807) is 37.3 Å². The summed E-state index contributed by atoms with van der Waals surface area (Å²) in [6.07, 6.45) is -4.13. The number of rotatable bonds is 7. The van der Waals surface area contributed by atoms with Gasteiger partial charge in [0.1, 0.15) is 11.9 Å². The van der Waals surface area contributed by atoms with Gasteiger partial charge in [0.25, 0.3) is 10.0 Å². The fraction of sp³-hybridized carbons (Fsp3) is 0.222. The number of hydrogen-bond donors (Lipinski definition) is 1. The van der Waals surface area contributed by atoms with Crippen molar-refractivity contribution in [2.24, 2.45) is 0 Å². The molecule has 0 saturated heterocycles. The number of hydrogen-bond acceptors (Lipinski definition) is 4. The van der Waals surface area contributed by atoms with Crippen molar-refractivity contribution in [2.75, 3.05) is 10.8 Å². The minimum atomic E-state index is -4.74. The highest BCUT2D eigenvalue weighted by molar-refractivity contribution is 7.92. The largest absolute Gasteiger partial charge is 0.486 e. The van der Waals surface area contributed by atoms with Crippen LogP contribution in [0.3, 0.4) is 0 Å². The van der Waals surface area contributed by atoms with E-state index in [0.29, 0.717) is 32.8 Å². The fourth-order valence-electron chi connectivity index (χ4n) is 4.24. The van der Waals surface area contributed by atoms with Crippen molar-refractivity contribution in [1.82, 2.24) is 0 Å². The molecule has 1 heterocycles. The first-order chi connectivity index (χ1) is 18.3. The zero-order valence-corrected chi connectivity index (χ0v) is 22.7. The summed E-state index contributed by atoms with van der Waals surface area (Å²) < 4.78 is 74.3. The molecule has 1 aliphatic rings. The first-order valence-electron chi connectivity index (χ1n) is 11.6. The normalized spacial score (nSPS) is 16.0. The van der Waals surface area contributed by atoms with Crippen LogP contribution in [0.25, 0.3) is 11.6 Å². The van der Waals surface area contributed by atoms with Crippen molar-refractivity contribution in [1.29, 1.82) is 0 Å². The average Bonchev–Trinajstić information content (AvgIpc) is 2.86. The van der Waals surface area contributed by atoms with Crippen LogP contribution in [0.1, 0.15) is 36.5 Å². The Labute approximate surface area is 233 Å². The van der Waals surface area contributed by atoms with E-state index >= 15 is 0 Å². The molecule has 3 aromatic carbocycles. The van der Waals surface area contributed by atoms with Crippen LogP contribution in [0.2, 0.25) is 10.0 Å². The van der Waals surface area contributed by atoms with Crippen LogP contribution >= 0.6 is 23.2 Å². The second kappa shape index (κ2) is 11.1. The molecule has 0 fully saturated rings. The molecule has 3 aromatic rings. The van der Waals surface area contributed by atoms with Gasteiger partial charge in [-0.2, -0.15) is 13.2 Å². The molecule has 206 valence electrons. The predicted molar refractivity (Wildman–Crippen MR) is 144 cm³/mol. The Morgan fingerprint density at radius 2 is 1.77 bits per heavy atom. The molecular weight excluding hydrogens is 578 g/mol. The number of allylic oxidation sites excluding steroid dienone is 1. The summed E-state index contributed by atoms with van der Waals surface area (Å²) in [4.78, 5) is 10.6. The molecule has 12 heteroatoms. The Morgan fingerprint density at radius 3 is 2.41 bits per heavy atom. The molecule has 6 nitrogen and oxygen atoms in total. The summed E-state index contributed by atoms with van der Waals surface area (Å²) in [7, 11) is -4.50. The Bertz CT molecular complexity index is 1540. The maximum atomic E-state index is 13.7. The van der Waals surface area contributed by atoms with Gasteiger partial charge in [0, 0.05) is 22.0 Å². The number of carboxylic acid groups (broad SMARTS) is 1. The van der Waals surface area contributed by atoms with Crippen molar-refractivity contribution < 1.29 is 36.2 Å². The number of sulfonamides is 1. The van der Waals surface area contributed by atoms with Crippen LogP contribution in [0.4, 0.5) is 18.9 Å². The predicted octanol–water partition coefficient (Wildman–Crippen LogP) is 7.39. The molecule has 0 radical (unpaired) electrons. The van der Waals surface area contributed by atoms with Gasteiger partial charge in [0.2, 0.25) is 0 Å². The lowest BCUT2D eigenvalue weighted by atomic mass is 10.0. The number of benzene rings is 3. The Hall–Kier alpha value is -3.21. The van der Waals surface area contributed by atoms with Gasteiger partial charge in [-0.25, -0.2) is 8.42 Å². The number of carbonyl (C=O) groups is 1. The van der Waals surface area contributed by atoms with Crippen LogP contribution < -0.4 is 9.04 Å². The summed E-state index contributed by atoms with van der Waals surface area (Å²) in [6.45, 7) is 1.49. The number of nitrogens with zero attached hydrogens (tertiary/aromatic N) is 1. The van der Waals surface area contributed by atoms with Gasteiger partial charge in [-0.05, 0) is 66.9 Å². The van der Waals surface area contributed by atoms with Gasteiger partial charge in [-0.1, -0.05) is 47.5 Å². The Morgan fingerprint density at radius 1 is 1.10 bits per heavy atom. The maximum Gasteiger partial charge on any atom is 0.416 e. The van der Waals surface area contributed by atoms with Crippen LogP contribution in [0.15, 0.2) is 65.6 Å². The molecule has 0 saturated carbocycles. The molecule has 1 aliphatic heterocycles. The van der Waals surface area contributed by atoms with Crippen molar-refractivity contribution in [3.8, 4) is 5.75 Å². The highest BCUT2D eigenvalue weighted by Crippen LogP contribution is 2.40. The molecule has 4 rings (SSSR count). The van der Waals surface area contributed by atoms with Gasteiger partial charge in [-0.3, -0.25) is 9.10 Å². The van der Waals surface area contributed by atoms with Gasteiger partial charge in [-0.15, -0.1) is 0 Å². The standard InChI is InChI=1S/C27H22Cl2F3NO5S/c1-16(26-21(28)6-3-7-22(26)29)12-17-8-10-24-23(13-17)33(15-19(38-24)9-11-25(34)35)39(36,37)20-5-2-4-18(14-20)27(30,31)32/h2-8,10,12-14,19H,9,11,15H2,1H3,(H,34,35)/b16-12+/t19-/m0/s1. The lowest BCUT2D eigenvalue weighted by Crippen LogP contribution is -2.43. The number of ether oxygens (including phenoxy) is 1. The van der Waals surface area contributed by atoms with E-state index in [1.807, 2.05) is 0 Å². The summed E-state index contributed by atoms with van der Waals surface area (Å²) >= 11 is 12.6. The van der Waals surface area contributed by atoms with Gasteiger partial charge < -0.3 is 9.84 Å². The van der Waals surface area contributed by atoms with E-state index in [-0.39, 0.29) is 30.8 Å². The van der Waals surface area contributed by atoms with E-state index in [0.717, 1.165) is 22.5 Å². The third kappa shape index (κ3) is 6.34. The van der Waals surface area contributed by atoms with Crippen LogP contribution in [0, 0.1) is 0 Å². The molecule has 0 bridgehead atoms. The number of halogens is 5. The molecule has 0 amide bonds. The van der Waals surface area contributed by atoms with Crippen molar-refractivity contribution in [3.63, 3.8) is 0 Å². The first kappa shape index (κ1) is 28.8. The van der Waals surface area contributed by atoms with Gasteiger partial charge >= 0.3 is 12.1 Å². The van der Waals surface area contributed by atoms with E-state index in [9.17, 15) is 26.4 Å². The summed E-state index contributed by atoms with van der Waals surface area (Å²) in [6, 6.07) is 13.3. The monoisotopic (exact) mass is 599 g/mol. The second-order valence-corrected chi connectivity index (χ2v) is 11.6. The zero-order chi connectivity index (χ0) is 28.5. The van der Waals surface area contributed by atoms with Gasteiger partial charge in [0.05, 0.1) is 22.7 Å². The third-order valence-electron chi connectivity index (χ3n) is 6.08. The van der Waals surface area contributed by atoms with Crippen molar-refractivity contribution in [2.45, 2.75) is 36.9 Å². The highest BCUT2D eigenvalue weighted by atomic mass is 35.5. The number of alkyl halides is 3. The van der Waals surface area contributed by atoms with E-state index in [2.05, 4.69) is 0 Å². The van der Waals surface area contributed by atoms with E-state index in [4.69, 9.17) is 33.0 Å². The lowest BCUT2D eigenvalue weighted by Gasteiger charge is -2.35. The fourth-order valence-corrected chi connectivity index (χ4v) is 6.48. The third-order valence-corrected chi connectivity index (χ3v) is 8.49. The smallest absolute Gasteiger partial charge is 0.416 e. The second-order valence-electron chi connectivity index (χ2n) is 8.89. The molecule has 39 heavy (non-hydrogen) atoms. The minimum Gasteiger partial charge on any atom is -0.486 e. The van der Waals surface area contributed by atoms with E-state index in [1.165, 1.54) is 12.1 Å². The minimum absolute atomic E-state index is 0.00481. The van der Waals surface area contributed by atoms with E-state index < -0.39 is 38.7 Å². The van der Waals surface area contributed by atoms with Crippen molar-refractivity contribution in [3.05, 3.63) is 87.4 Å². The Kier molecular flexibility index (Phi) is 8.20. The summed E-state index contributed by atoms with van der Waals surface area (Å²) in [5, 5.41) is 9.93. The van der Waals surface area contributed by atoms with Crippen LogP contribution in [-0.4, -0.2) is 32.1 Å². The zero-order valence-electron chi connectivity index (χ0n) is 20.4. The Balaban J connectivity index is 1.80. The summed E-state index contributed by atoms with van der Waals surface area (Å²) in [5.74, 6) is -0.941. The molecule has 0 aromatic heterocycles. The molecule has 1 N–H and O–H groups in total. The first-order valence-corrected chi connectivity index (χ1v) is 13.8. The number of fused-ring (bicyclic) bond motifs is 1.